The van der Waals surface area contributed by atoms with E-state index in [1.165, 1.54) is 0 Å². The minimum absolute atomic E-state index is 0.123. The number of carbonyl (C=O) groups is 1. The maximum Gasteiger partial charge on any atom is 0.227 e. The normalized spacial score (nSPS) is 19.8. The summed E-state index contributed by atoms with van der Waals surface area (Å²) >= 11 is 0. The summed E-state index contributed by atoms with van der Waals surface area (Å²) in [6.07, 6.45) is 1.36. The molecule has 0 bridgehead atoms. The summed E-state index contributed by atoms with van der Waals surface area (Å²) in [5.74, 6) is 0.795. The maximum atomic E-state index is 12.2. The summed E-state index contributed by atoms with van der Waals surface area (Å²) < 4.78 is 0. The second-order valence-electron chi connectivity index (χ2n) is 4.78. The van der Waals surface area contributed by atoms with E-state index in [0.717, 1.165) is 26.1 Å². The monoisotopic (exact) mass is 223 g/mol. The van der Waals surface area contributed by atoms with Crippen LogP contribution in [0.4, 0.5) is 0 Å². The van der Waals surface area contributed by atoms with E-state index in [4.69, 9.17) is 5.26 Å². The second kappa shape index (κ2) is 6.49. The first-order valence-electron chi connectivity index (χ1n) is 6.01. The highest BCUT2D eigenvalue weighted by Crippen LogP contribution is 2.13. The Morgan fingerprint density at radius 1 is 1.62 bits per heavy atom. The van der Waals surface area contributed by atoms with E-state index in [1.807, 2.05) is 4.90 Å². The van der Waals surface area contributed by atoms with E-state index in [9.17, 15) is 4.79 Å². The van der Waals surface area contributed by atoms with Gasteiger partial charge in [0, 0.05) is 19.6 Å². The minimum atomic E-state index is 0.123. The summed E-state index contributed by atoms with van der Waals surface area (Å²) in [5, 5.41) is 11.8. The van der Waals surface area contributed by atoms with Gasteiger partial charge in [-0.15, -0.1) is 0 Å². The Labute approximate surface area is 97.6 Å². The van der Waals surface area contributed by atoms with Crippen molar-refractivity contribution in [1.82, 2.24) is 10.2 Å². The number of amides is 1. The van der Waals surface area contributed by atoms with Gasteiger partial charge < -0.3 is 10.2 Å². The number of rotatable bonds is 5. The number of hydrogen-bond acceptors (Lipinski definition) is 3. The van der Waals surface area contributed by atoms with Crippen molar-refractivity contribution < 1.29 is 4.79 Å². The zero-order valence-corrected chi connectivity index (χ0v) is 10.2. The molecule has 1 fully saturated rings. The topological polar surface area (TPSA) is 56.1 Å². The predicted octanol–water partition coefficient (Wildman–Crippen LogP) is 0.994. The minimum Gasteiger partial charge on any atom is -0.341 e. The molecule has 1 aliphatic rings. The average molecular weight is 223 g/mol. The van der Waals surface area contributed by atoms with Crippen LogP contribution in [0.3, 0.4) is 0 Å². The van der Waals surface area contributed by atoms with Gasteiger partial charge >= 0.3 is 0 Å². The molecule has 0 aromatic rings. The molecule has 0 spiro atoms. The van der Waals surface area contributed by atoms with E-state index in [0.29, 0.717) is 18.9 Å². The zero-order valence-electron chi connectivity index (χ0n) is 10.2. The summed E-state index contributed by atoms with van der Waals surface area (Å²) in [7, 11) is 0. The molecule has 1 unspecified atom stereocenters. The van der Waals surface area contributed by atoms with Gasteiger partial charge in [0.1, 0.15) is 0 Å². The van der Waals surface area contributed by atoms with Gasteiger partial charge in [0.25, 0.3) is 0 Å². The van der Waals surface area contributed by atoms with Crippen molar-refractivity contribution in [2.75, 3.05) is 26.2 Å². The Bertz CT molecular complexity index is 264. The summed E-state index contributed by atoms with van der Waals surface area (Å²) in [5.41, 5.74) is 0. The Morgan fingerprint density at radius 2 is 2.38 bits per heavy atom. The SMILES string of the molecule is CC(C)CN(CCC#N)C(=O)C1CCNC1. The van der Waals surface area contributed by atoms with Crippen LogP contribution in [-0.4, -0.2) is 37.0 Å². The Morgan fingerprint density at radius 3 is 2.88 bits per heavy atom. The third-order valence-corrected chi connectivity index (χ3v) is 2.80. The molecule has 1 rings (SSSR count). The van der Waals surface area contributed by atoms with Gasteiger partial charge in [0.05, 0.1) is 18.4 Å². The molecule has 16 heavy (non-hydrogen) atoms. The quantitative estimate of drug-likeness (QED) is 0.756. The van der Waals surface area contributed by atoms with Crippen LogP contribution in [0.15, 0.2) is 0 Å². The van der Waals surface area contributed by atoms with Gasteiger partial charge in [-0.05, 0) is 18.9 Å². The molecule has 4 nitrogen and oxygen atoms in total. The van der Waals surface area contributed by atoms with E-state index < -0.39 is 0 Å². The van der Waals surface area contributed by atoms with Crippen LogP contribution in [-0.2, 0) is 4.79 Å². The fourth-order valence-electron chi connectivity index (χ4n) is 2.04. The van der Waals surface area contributed by atoms with Crippen LogP contribution in [0, 0.1) is 23.2 Å². The third kappa shape index (κ3) is 3.82. The molecular formula is C12H21N3O. The van der Waals surface area contributed by atoms with Gasteiger partial charge in [0.2, 0.25) is 5.91 Å². The lowest BCUT2D eigenvalue weighted by atomic mass is 10.1. The van der Waals surface area contributed by atoms with Gasteiger partial charge in [0.15, 0.2) is 0 Å². The lowest BCUT2D eigenvalue weighted by Crippen LogP contribution is -2.39. The van der Waals surface area contributed by atoms with Crippen molar-refractivity contribution in [2.24, 2.45) is 11.8 Å². The Kier molecular flexibility index (Phi) is 5.27. The summed E-state index contributed by atoms with van der Waals surface area (Å²) in [6.45, 7) is 7.25. The van der Waals surface area contributed by atoms with Crippen LogP contribution < -0.4 is 5.32 Å². The van der Waals surface area contributed by atoms with Crippen LogP contribution in [0.5, 0.6) is 0 Å². The first-order chi connectivity index (χ1) is 7.65. The molecular weight excluding hydrogens is 202 g/mol. The molecule has 1 N–H and O–H groups in total. The second-order valence-corrected chi connectivity index (χ2v) is 4.78. The molecule has 1 heterocycles. The highest BCUT2D eigenvalue weighted by Gasteiger charge is 2.27. The first kappa shape index (κ1) is 13.0. The maximum absolute atomic E-state index is 12.2. The molecule has 90 valence electrons. The van der Waals surface area contributed by atoms with Crippen molar-refractivity contribution >= 4 is 5.91 Å². The van der Waals surface area contributed by atoms with E-state index >= 15 is 0 Å². The number of nitrogens with zero attached hydrogens (tertiary/aromatic N) is 2. The van der Waals surface area contributed by atoms with Crippen LogP contribution in [0.1, 0.15) is 26.7 Å². The summed E-state index contributed by atoms with van der Waals surface area (Å²) in [6, 6.07) is 2.11. The largest absolute Gasteiger partial charge is 0.341 e. The first-order valence-corrected chi connectivity index (χ1v) is 6.01. The number of nitrogens with one attached hydrogen (secondary N) is 1. The predicted molar refractivity (Wildman–Crippen MR) is 62.6 cm³/mol. The molecule has 1 saturated heterocycles. The molecule has 0 aromatic carbocycles. The van der Waals surface area contributed by atoms with Crippen molar-refractivity contribution in [2.45, 2.75) is 26.7 Å². The molecule has 0 saturated carbocycles. The van der Waals surface area contributed by atoms with Crippen molar-refractivity contribution in [3.63, 3.8) is 0 Å². The Balaban J connectivity index is 2.52. The van der Waals surface area contributed by atoms with E-state index in [-0.39, 0.29) is 11.8 Å². The number of hydrogen-bond donors (Lipinski definition) is 1. The van der Waals surface area contributed by atoms with Gasteiger partial charge in [-0.3, -0.25) is 4.79 Å². The number of carbonyl (C=O) groups excluding carboxylic acids is 1. The van der Waals surface area contributed by atoms with E-state index in [1.54, 1.807) is 0 Å². The van der Waals surface area contributed by atoms with Gasteiger partial charge in [-0.25, -0.2) is 0 Å². The van der Waals surface area contributed by atoms with E-state index in [2.05, 4.69) is 25.2 Å². The highest BCUT2D eigenvalue weighted by molar-refractivity contribution is 5.79. The van der Waals surface area contributed by atoms with Crippen molar-refractivity contribution in [3.05, 3.63) is 0 Å². The fourth-order valence-corrected chi connectivity index (χ4v) is 2.04. The zero-order chi connectivity index (χ0) is 12.0. The molecule has 0 aromatic heterocycles. The van der Waals surface area contributed by atoms with Crippen molar-refractivity contribution in [3.8, 4) is 6.07 Å². The molecule has 0 aliphatic carbocycles. The van der Waals surface area contributed by atoms with Gasteiger partial charge in [-0.2, -0.15) is 5.26 Å². The molecule has 0 radical (unpaired) electrons. The highest BCUT2D eigenvalue weighted by atomic mass is 16.2. The molecule has 4 heteroatoms. The third-order valence-electron chi connectivity index (χ3n) is 2.80. The molecule has 1 atom stereocenters. The molecule has 1 aliphatic heterocycles. The van der Waals surface area contributed by atoms with Gasteiger partial charge in [-0.1, -0.05) is 13.8 Å². The smallest absolute Gasteiger partial charge is 0.227 e. The molecule has 1 amide bonds. The Hall–Kier alpha value is -1.08. The number of nitriles is 1. The van der Waals surface area contributed by atoms with Crippen LogP contribution >= 0.6 is 0 Å². The van der Waals surface area contributed by atoms with Crippen LogP contribution in [0.2, 0.25) is 0 Å². The standard InChI is InChI=1S/C12H21N3O/c1-10(2)9-15(7-3-5-13)12(16)11-4-6-14-8-11/h10-11,14H,3-4,6-9H2,1-2H3. The average Bonchev–Trinajstić information content (AvgIpc) is 2.76. The lowest BCUT2D eigenvalue weighted by molar-refractivity contribution is -0.135. The van der Waals surface area contributed by atoms with Crippen LogP contribution in [0.25, 0.3) is 0 Å². The van der Waals surface area contributed by atoms with Crippen molar-refractivity contribution in [1.29, 1.82) is 5.26 Å². The fraction of sp³-hybridized carbons (Fsp3) is 0.833. The summed E-state index contributed by atoms with van der Waals surface area (Å²) in [4.78, 5) is 14.0. The lowest BCUT2D eigenvalue weighted by Gasteiger charge is -2.26.